The van der Waals surface area contributed by atoms with Crippen LogP contribution >= 0.6 is 0 Å². The molecular weight excluding hydrogens is 893 g/mol. The summed E-state index contributed by atoms with van der Waals surface area (Å²) >= 11 is 0. The van der Waals surface area contributed by atoms with Crippen LogP contribution in [0, 0.1) is 11.6 Å². The van der Waals surface area contributed by atoms with Gasteiger partial charge in [-0.1, -0.05) is 103 Å². The first-order valence-corrected chi connectivity index (χ1v) is 23.5. The number of rotatable bonds is 11. The van der Waals surface area contributed by atoms with Crippen molar-refractivity contribution < 1.29 is 8.78 Å². The van der Waals surface area contributed by atoms with Gasteiger partial charge in [0, 0.05) is 64.4 Å². The monoisotopic (exact) mass is 933 g/mol. The van der Waals surface area contributed by atoms with Crippen molar-refractivity contribution in [3.8, 4) is 112 Å². The fraction of sp³-hybridized carbons (Fsp3) is 0. The van der Waals surface area contributed by atoms with Gasteiger partial charge in [0.25, 0.3) is 0 Å². The number of halogens is 2. The van der Waals surface area contributed by atoms with E-state index >= 15 is 0 Å². The molecule has 0 aliphatic heterocycles. The number of pyridine rings is 3. The van der Waals surface area contributed by atoms with Crippen LogP contribution in [0.3, 0.4) is 0 Å². The Bertz CT molecular complexity index is 3680. The Morgan fingerprint density at radius 1 is 0.278 bits per heavy atom. The number of aromatic nitrogens is 7. The summed E-state index contributed by atoms with van der Waals surface area (Å²) in [6, 6.07) is 67.1. The van der Waals surface area contributed by atoms with Crippen LogP contribution in [0.4, 0.5) is 8.78 Å². The highest BCUT2D eigenvalue weighted by atomic mass is 19.1. The Kier molecular flexibility index (Phi) is 11.5. The van der Waals surface area contributed by atoms with Crippen molar-refractivity contribution in [2.45, 2.75) is 0 Å². The van der Waals surface area contributed by atoms with E-state index in [9.17, 15) is 8.78 Å². The van der Waals surface area contributed by atoms with Crippen molar-refractivity contribution in [1.29, 1.82) is 0 Å². The zero-order valence-corrected chi connectivity index (χ0v) is 38.6. The number of imidazole rings is 2. The van der Waals surface area contributed by atoms with Crippen molar-refractivity contribution in [2.24, 2.45) is 0 Å². The lowest BCUT2D eigenvalue weighted by Gasteiger charge is -2.16. The minimum Gasteiger partial charge on any atom is -0.298 e. The van der Waals surface area contributed by atoms with Crippen LogP contribution in [-0.4, -0.2) is 34.1 Å². The Balaban J connectivity index is 0.910. The third-order valence-corrected chi connectivity index (χ3v) is 12.9. The van der Waals surface area contributed by atoms with E-state index in [2.05, 4.69) is 127 Å². The molecule has 12 rings (SSSR count). The molecule has 5 heterocycles. The molecule has 7 nitrogen and oxygen atoms in total. The minimum atomic E-state index is -0.296. The lowest BCUT2D eigenvalue weighted by molar-refractivity contribution is 0.627. The summed E-state index contributed by atoms with van der Waals surface area (Å²) in [5.74, 6) is 0.817. The van der Waals surface area contributed by atoms with Gasteiger partial charge in [0.1, 0.15) is 23.3 Å². The van der Waals surface area contributed by atoms with Crippen LogP contribution in [0.25, 0.3) is 112 Å². The number of hydrogen-bond donors (Lipinski definition) is 0. The molecule has 9 heteroatoms. The predicted octanol–water partition coefficient (Wildman–Crippen LogP) is 15.5. The molecule has 0 aliphatic carbocycles. The second-order valence-electron chi connectivity index (χ2n) is 17.4. The standard InChI is InChI=1S/C63H41F2N7/c64-53-22-17-45(18-23-53)59-29-26-55(40-69-59)71-33-31-66-62(71)51-36-50(37-52(38-51)63-67-32-34-72(63)56-27-30-60(70-41-56)46-19-24-54(65)25-20-46)58-12-5-4-11-57(58)49-21-28-61(68-39-49)48-10-6-9-47(35-48)44-15-13-43(14-16-44)42-7-2-1-3-8-42/h1-41H. The first kappa shape index (κ1) is 43.5. The fourth-order valence-electron chi connectivity index (χ4n) is 9.19. The van der Waals surface area contributed by atoms with Crippen LogP contribution < -0.4 is 0 Å². The molecule has 0 saturated heterocycles. The topological polar surface area (TPSA) is 74.3 Å². The minimum absolute atomic E-state index is 0.296. The van der Waals surface area contributed by atoms with E-state index in [4.69, 9.17) is 24.9 Å². The molecule has 7 aromatic carbocycles. The van der Waals surface area contributed by atoms with Gasteiger partial charge in [0.15, 0.2) is 0 Å². The highest BCUT2D eigenvalue weighted by Crippen LogP contribution is 2.39. The molecule has 0 unspecified atom stereocenters. The average Bonchev–Trinajstić information content (AvgIpc) is 4.16. The number of benzene rings is 7. The van der Waals surface area contributed by atoms with E-state index in [1.807, 2.05) is 58.1 Å². The van der Waals surface area contributed by atoms with Crippen molar-refractivity contribution in [2.75, 3.05) is 0 Å². The van der Waals surface area contributed by atoms with Crippen molar-refractivity contribution in [1.82, 2.24) is 34.1 Å². The Morgan fingerprint density at radius 2 is 0.681 bits per heavy atom. The number of nitrogens with zero attached hydrogens (tertiary/aromatic N) is 7. The van der Waals surface area contributed by atoms with Crippen molar-refractivity contribution in [3.05, 3.63) is 261 Å². The smallest absolute Gasteiger partial charge is 0.144 e. The maximum atomic E-state index is 13.7. The highest BCUT2D eigenvalue weighted by molar-refractivity contribution is 5.88. The molecule has 0 aliphatic rings. The SMILES string of the molecule is Fc1ccc(-c2ccc(-n3ccnc3-c3cc(-c4ccccc4-c4ccc(-c5cccc(-c6ccc(-c7ccccc7)cc6)c5)nc4)cc(-c4nccn4-c4ccc(-c5ccc(F)cc5)nc4)c3)cn2)cc1. The van der Waals surface area contributed by atoms with Crippen LogP contribution in [0.15, 0.2) is 250 Å². The molecule has 0 N–H and O–H groups in total. The summed E-state index contributed by atoms with van der Waals surface area (Å²) in [4.78, 5) is 24.4. The maximum Gasteiger partial charge on any atom is 0.144 e. The van der Waals surface area contributed by atoms with Gasteiger partial charge in [-0.05, 0) is 142 Å². The van der Waals surface area contributed by atoms with Crippen LogP contribution in [0.1, 0.15) is 0 Å². The normalized spacial score (nSPS) is 11.2. The van der Waals surface area contributed by atoms with E-state index < -0.39 is 0 Å². The van der Waals surface area contributed by atoms with Gasteiger partial charge < -0.3 is 0 Å². The quantitative estimate of drug-likeness (QED) is 0.129. The summed E-state index contributed by atoms with van der Waals surface area (Å²) in [5, 5.41) is 0. The van der Waals surface area contributed by atoms with Crippen LogP contribution in [0.2, 0.25) is 0 Å². The van der Waals surface area contributed by atoms with Gasteiger partial charge in [-0.2, -0.15) is 0 Å². The molecule has 0 radical (unpaired) electrons. The first-order valence-electron chi connectivity index (χ1n) is 23.5. The van der Waals surface area contributed by atoms with Gasteiger partial charge in [-0.15, -0.1) is 0 Å². The molecule has 0 spiro atoms. The second-order valence-corrected chi connectivity index (χ2v) is 17.4. The summed E-state index contributed by atoms with van der Waals surface area (Å²) in [6.07, 6.45) is 13.0. The maximum absolute atomic E-state index is 13.7. The zero-order chi connectivity index (χ0) is 48.4. The molecule has 5 aromatic heterocycles. The number of hydrogen-bond acceptors (Lipinski definition) is 5. The lowest BCUT2D eigenvalue weighted by Crippen LogP contribution is -2.00. The third kappa shape index (κ3) is 8.78. The van der Waals surface area contributed by atoms with Gasteiger partial charge in [0.05, 0.1) is 40.9 Å². The van der Waals surface area contributed by atoms with Gasteiger partial charge in [-0.3, -0.25) is 24.1 Å². The molecule has 0 atom stereocenters. The van der Waals surface area contributed by atoms with E-state index in [1.54, 1.807) is 49.1 Å². The Morgan fingerprint density at radius 3 is 1.21 bits per heavy atom. The summed E-state index contributed by atoms with van der Waals surface area (Å²) in [7, 11) is 0. The van der Waals surface area contributed by atoms with Gasteiger partial charge >= 0.3 is 0 Å². The van der Waals surface area contributed by atoms with E-state index in [-0.39, 0.29) is 11.6 Å². The molecule has 12 aromatic rings. The lowest BCUT2D eigenvalue weighted by atomic mass is 9.92. The molecule has 72 heavy (non-hydrogen) atoms. The molecule has 0 bridgehead atoms. The van der Waals surface area contributed by atoms with Crippen molar-refractivity contribution >= 4 is 0 Å². The predicted molar refractivity (Wildman–Crippen MR) is 283 cm³/mol. The summed E-state index contributed by atoms with van der Waals surface area (Å²) in [6.45, 7) is 0. The van der Waals surface area contributed by atoms with Crippen LogP contribution in [-0.2, 0) is 0 Å². The van der Waals surface area contributed by atoms with Crippen molar-refractivity contribution in [3.63, 3.8) is 0 Å². The molecule has 0 saturated carbocycles. The van der Waals surface area contributed by atoms with E-state index in [0.717, 1.165) is 89.7 Å². The highest BCUT2D eigenvalue weighted by Gasteiger charge is 2.18. The first-order chi connectivity index (χ1) is 35.5. The molecule has 0 fully saturated rings. The fourth-order valence-corrected chi connectivity index (χ4v) is 9.19. The molecule has 0 amide bonds. The third-order valence-electron chi connectivity index (χ3n) is 12.9. The second kappa shape index (κ2) is 19.0. The molecular formula is C63H41F2N7. The van der Waals surface area contributed by atoms with Crippen LogP contribution in [0.5, 0.6) is 0 Å². The van der Waals surface area contributed by atoms with E-state index in [0.29, 0.717) is 11.6 Å². The largest absolute Gasteiger partial charge is 0.298 e. The van der Waals surface area contributed by atoms with Gasteiger partial charge in [-0.25, -0.2) is 18.7 Å². The summed E-state index contributed by atoms with van der Waals surface area (Å²) in [5.41, 5.74) is 16.9. The summed E-state index contributed by atoms with van der Waals surface area (Å²) < 4.78 is 31.5. The Labute approximate surface area is 414 Å². The zero-order valence-electron chi connectivity index (χ0n) is 38.6. The average molecular weight is 934 g/mol. The van der Waals surface area contributed by atoms with Gasteiger partial charge in [0.2, 0.25) is 0 Å². The van der Waals surface area contributed by atoms with E-state index in [1.165, 1.54) is 35.4 Å². The molecule has 342 valence electrons. The Hall–Kier alpha value is -9.73.